The predicted octanol–water partition coefficient (Wildman–Crippen LogP) is 6.23. The Morgan fingerprint density at radius 3 is 1.64 bits per heavy atom. The molecule has 5 N–H and O–H groups in total. The molecule has 0 amide bonds. The third-order valence-corrected chi connectivity index (χ3v) is 12.1. The van der Waals surface area contributed by atoms with Gasteiger partial charge in [0.05, 0.1) is 27.2 Å². The minimum atomic E-state index is -4.41. The SMILES string of the molecule is O=S(=O)(O)c1ccc(/C2=C3\CCC(N3)/C(c3ccc(S(=O)(=O)O)cc3)=C3/C=CC(=N3)/C(c3ccccc3)=c3/cc/c([nH]3)=C(\c3ccccc3)c3ccc2[nH]3)cc1. The summed E-state index contributed by atoms with van der Waals surface area (Å²) >= 11 is 0. The molecular formula is C44H34N4O6S2. The number of fused-ring (bicyclic) bond motifs is 7. The molecule has 1 saturated heterocycles. The lowest BCUT2D eigenvalue weighted by Gasteiger charge is -2.20. The Kier molecular flexibility index (Phi) is 8.70. The zero-order valence-electron chi connectivity index (χ0n) is 29.6. The second kappa shape index (κ2) is 13.8. The van der Waals surface area contributed by atoms with E-state index in [0.717, 1.165) is 78.0 Å². The molecule has 12 heteroatoms. The number of aliphatic imine (C=N–C) groups is 1. The Balaban J connectivity index is 1.35. The highest BCUT2D eigenvalue weighted by Crippen LogP contribution is 2.39. The topological polar surface area (TPSA) is 165 Å². The van der Waals surface area contributed by atoms with Gasteiger partial charge in [0.1, 0.15) is 0 Å². The van der Waals surface area contributed by atoms with Gasteiger partial charge in [0, 0.05) is 50.1 Å². The van der Waals surface area contributed by atoms with Crippen LogP contribution < -0.4 is 16.0 Å². The summed E-state index contributed by atoms with van der Waals surface area (Å²) in [4.78, 5) is 12.3. The van der Waals surface area contributed by atoms with Gasteiger partial charge in [-0.3, -0.25) is 9.11 Å². The molecule has 4 aromatic carbocycles. The fourth-order valence-electron chi connectivity index (χ4n) is 7.81. The van der Waals surface area contributed by atoms with E-state index in [9.17, 15) is 25.9 Å². The van der Waals surface area contributed by atoms with E-state index in [1.54, 1.807) is 24.3 Å². The van der Waals surface area contributed by atoms with Gasteiger partial charge < -0.3 is 15.3 Å². The minimum absolute atomic E-state index is 0.208. The first-order valence-corrected chi connectivity index (χ1v) is 20.8. The van der Waals surface area contributed by atoms with Crippen LogP contribution in [0.2, 0.25) is 0 Å². The van der Waals surface area contributed by atoms with Crippen LogP contribution in [0.1, 0.15) is 46.5 Å². The van der Waals surface area contributed by atoms with E-state index in [1.165, 1.54) is 24.3 Å². The molecule has 278 valence electrons. The Labute approximate surface area is 323 Å². The average molecular weight is 779 g/mol. The van der Waals surface area contributed by atoms with Crippen molar-refractivity contribution in [3.63, 3.8) is 0 Å². The molecule has 1 fully saturated rings. The van der Waals surface area contributed by atoms with E-state index < -0.39 is 20.2 Å². The van der Waals surface area contributed by atoms with Gasteiger partial charge in [-0.05, 0) is 95.8 Å². The summed E-state index contributed by atoms with van der Waals surface area (Å²) in [5, 5.41) is 5.51. The summed E-state index contributed by atoms with van der Waals surface area (Å²) in [6, 6.07) is 40.4. The van der Waals surface area contributed by atoms with Crippen LogP contribution in [0.15, 0.2) is 172 Å². The molecule has 6 aromatic rings. The van der Waals surface area contributed by atoms with Crippen LogP contribution in [0.5, 0.6) is 0 Å². The van der Waals surface area contributed by atoms with Crippen LogP contribution >= 0.6 is 0 Å². The van der Waals surface area contributed by atoms with E-state index in [0.29, 0.717) is 18.5 Å². The first kappa shape index (κ1) is 35.4. The van der Waals surface area contributed by atoms with Crippen molar-refractivity contribution in [3.8, 4) is 0 Å². The van der Waals surface area contributed by atoms with E-state index >= 15 is 0 Å². The maximum absolute atomic E-state index is 12.0. The van der Waals surface area contributed by atoms with Crippen molar-refractivity contribution in [1.29, 1.82) is 0 Å². The fourth-order valence-corrected chi connectivity index (χ4v) is 8.77. The summed E-state index contributed by atoms with van der Waals surface area (Å²) < 4.78 is 67.5. The zero-order chi connectivity index (χ0) is 38.6. The van der Waals surface area contributed by atoms with Crippen LogP contribution in [0.3, 0.4) is 0 Å². The first-order chi connectivity index (χ1) is 27.0. The van der Waals surface area contributed by atoms with Gasteiger partial charge >= 0.3 is 0 Å². The smallest absolute Gasteiger partial charge is 0.294 e. The Bertz CT molecular complexity index is 3010. The predicted molar refractivity (Wildman–Crippen MR) is 216 cm³/mol. The van der Waals surface area contributed by atoms with E-state index in [1.807, 2.05) is 60.7 Å². The monoisotopic (exact) mass is 778 g/mol. The van der Waals surface area contributed by atoms with Gasteiger partial charge in [-0.25, -0.2) is 4.99 Å². The maximum atomic E-state index is 12.0. The summed E-state index contributed by atoms with van der Waals surface area (Å²) in [6.45, 7) is 0. The number of nitrogens with zero attached hydrogens (tertiary/aromatic N) is 1. The van der Waals surface area contributed by atoms with Crippen LogP contribution in [0, 0.1) is 0 Å². The lowest BCUT2D eigenvalue weighted by Crippen LogP contribution is -2.24. The first-order valence-electron chi connectivity index (χ1n) is 17.9. The van der Waals surface area contributed by atoms with Crippen molar-refractivity contribution in [3.05, 3.63) is 201 Å². The molecule has 0 spiro atoms. The maximum Gasteiger partial charge on any atom is 0.294 e. The van der Waals surface area contributed by atoms with Gasteiger partial charge in [0.25, 0.3) is 20.2 Å². The number of hydrogen-bond acceptors (Lipinski definition) is 6. The van der Waals surface area contributed by atoms with Crippen molar-refractivity contribution < 1.29 is 25.9 Å². The number of hydrogen-bond donors (Lipinski definition) is 5. The number of rotatable bonds is 6. The third-order valence-electron chi connectivity index (χ3n) is 10.3. The fraction of sp³-hybridized carbons (Fsp3) is 0.0682. The third kappa shape index (κ3) is 6.58. The normalized spacial score (nSPS) is 21.5. The molecule has 10 nitrogen and oxygen atoms in total. The molecule has 2 aromatic heterocycles. The van der Waals surface area contributed by atoms with E-state index in [2.05, 4.69) is 51.7 Å². The molecule has 5 heterocycles. The molecule has 8 bridgehead atoms. The second-order valence-electron chi connectivity index (χ2n) is 13.8. The van der Waals surface area contributed by atoms with Crippen molar-refractivity contribution in [2.75, 3.05) is 0 Å². The molecule has 56 heavy (non-hydrogen) atoms. The molecule has 0 radical (unpaired) electrons. The van der Waals surface area contributed by atoms with Gasteiger partial charge in [-0.15, -0.1) is 0 Å². The molecule has 0 aliphatic carbocycles. The van der Waals surface area contributed by atoms with Gasteiger partial charge in [-0.2, -0.15) is 16.8 Å². The summed E-state index contributed by atoms with van der Waals surface area (Å²) in [6.07, 6.45) is 5.24. The molecule has 9 rings (SSSR count). The summed E-state index contributed by atoms with van der Waals surface area (Å²) in [7, 11) is -8.83. The van der Waals surface area contributed by atoms with Crippen LogP contribution in [-0.2, 0) is 20.2 Å². The van der Waals surface area contributed by atoms with Crippen LogP contribution in [0.25, 0.3) is 22.3 Å². The lowest BCUT2D eigenvalue weighted by atomic mass is 9.95. The van der Waals surface area contributed by atoms with Crippen LogP contribution in [-0.4, -0.2) is 47.7 Å². The standard InChI is InChI=1S/C44H34N4O6S2/c49-55(50,51)31-15-11-29(12-16-31)43-37-23-21-35(46-37)41(27-7-3-1-4-8-27)33-19-20-34(45-33)42(28-9-5-2-6-10-28)36-22-24-38(47-36)44(40-26-25-39(43)48-40)30-13-17-32(18-14-30)56(52,53)54/h1-24,39,45,47-48H,25-26H2,(H,49,50,51)(H,52,53,54)/b41-33-,42-34-,43-37-,44-40-. The van der Waals surface area contributed by atoms with E-state index in [-0.39, 0.29) is 15.8 Å². The highest BCUT2D eigenvalue weighted by Gasteiger charge is 2.30. The Hall–Kier alpha value is -6.31. The van der Waals surface area contributed by atoms with Gasteiger partial charge in [0.15, 0.2) is 0 Å². The number of benzene rings is 4. The highest BCUT2D eigenvalue weighted by atomic mass is 32.2. The van der Waals surface area contributed by atoms with E-state index in [4.69, 9.17) is 4.99 Å². The average Bonchev–Trinajstić information content (AvgIpc) is 4.03. The largest absolute Gasteiger partial charge is 0.381 e. The quantitative estimate of drug-likeness (QED) is 0.125. The van der Waals surface area contributed by atoms with Gasteiger partial charge in [-0.1, -0.05) is 84.9 Å². The molecule has 1 unspecified atom stereocenters. The molecular weight excluding hydrogens is 745 g/mol. The Morgan fingerprint density at radius 1 is 0.536 bits per heavy atom. The number of aromatic amines is 2. The van der Waals surface area contributed by atoms with Crippen molar-refractivity contribution in [2.45, 2.75) is 28.7 Å². The van der Waals surface area contributed by atoms with Crippen molar-refractivity contribution in [1.82, 2.24) is 15.3 Å². The Morgan fingerprint density at radius 2 is 1.05 bits per heavy atom. The number of H-pyrrole nitrogens is 2. The summed E-state index contributed by atoms with van der Waals surface area (Å²) in [5.41, 5.74) is 10.9. The highest BCUT2D eigenvalue weighted by molar-refractivity contribution is 7.86. The molecule has 0 saturated carbocycles. The summed E-state index contributed by atoms with van der Waals surface area (Å²) in [5.74, 6) is 0. The van der Waals surface area contributed by atoms with Crippen molar-refractivity contribution in [2.24, 2.45) is 4.99 Å². The van der Waals surface area contributed by atoms with Crippen molar-refractivity contribution >= 4 is 48.2 Å². The number of allylic oxidation sites excluding steroid dienone is 3. The van der Waals surface area contributed by atoms with Gasteiger partial charge in [0.2, 0.25) is 0 Å². The molecule has 1 atom stereocenters. The molecule has 3 aliphatic rings. The molecule has 3 aliphatic heterocycles. The zero-order valence-corrected chi connectivity index (χ0v) is 31.3. The second-order valence-corrected chi connectivity index (χ2v) is 16.6. The number of nitrogens with one attached hydrogen (secondary N) is 3. The van der Waals surface area contributed by atoms with Crippen LogP contribution in [0.4, 0.5) is 0 Å². The lowest BCUT2D eigenvalue weighted by molar-refractivity contribution is 0.481. The minimum Gasteiger partial charge on any atom is -0.381 e. The number of aromatic nitrogens is 2.